The van der Waals surface area contributed by atoms with E-state index in [9.17, 15) is 33.0 Å². The van der Waals surface area contributed by atoms with Crippen molar-refractivity contribution in [3.63, 3.8) is 0 Å². The van der Waals surface area contributed by atoms with Crippen molar-refractivity contribution >= 4 is 40.9 Å². The van der Waals surface area contributed by atoms with Gasteiger partial charge in [0.1, 0.15) is 12.4 Å². The Balaban J connectivity index is 1.82. The molecule has 2 aliphatic rings. The highest BCUT2D eigenvalue weighted by Crippen LogP contribution is 2.67. The Morgan fingerprint density at radius 1 is 1.24 bits per heavy atom. The van der Waals surface area contributed by atoms with Crippen LogP contribution in [0.3, 0.4) is 0 Å². The van der Waals surface area contributed by atoms with Crippen molar-refractivity contribution in [1.29, 1.82) is 0 Å². The number of hydrogen-bond donors (Lipinski definition) is 7. The summed E-state index contributed by atoms with van der Waals surface area (Å²) in [5, 5.41) is 13.3. The van der Waals surface area contributed by atoms with E-state index in [2.05, 4.69) is 41.6 Å². The minimum Gasteiger partial charge on any atom is -0.392 e. The number of fused-ring (bicyclic) bond motifs is 1. The maximum Gasteiger partial charge on any atom is 0.490 e. The summed E-state index contributed by atoms with van der Waals surface area (Å²) in [4.78, 5) is 44.4. The summed E-state index contributed by atoms with van der Waals surface area (Å²) >= 11 is 0. The molecule has 34 heavy (non-hydrogen) atoms. The summed E-state index contributed by atoms with van der Waals surface area (Å²) in [5.74, 6) is 0.245. The Labute approximate surface area is 191 Å². The fraction of sp³-hybridized carbons (Fsp3) is 0.429. The van der Waals surface area contributed by atoms with Crippen LogP contribution in [-0.4, -0.2) is 59.6 Å². The topological polar surface area (TPSA) is 248 Å². The average Bonchev–Trinajstić information content (AvgIpc) is 3.17. The summed E-state index contributed by atoms with van der Waals surface area (Å²) in [6.45, 7) is 5.14. The number of imidazole rings is 1. The molecule has 0 spiro atoms. The van der Waals surface area contributed by atoms with E-state index in [0.29, 0.717) is 11.4 Å². The number of nitrogens with zero attached hydrogens (tertiary/aromatic N) is 3. The van der Waals surface area contributed by atoms with Crippen LogP contribution in [-0.2, 0) is 26.8 Å². The van der Waals surface area contributed by atoms with E-state index in [1.54, 1.807) is 0 Å². The highest BCUT2D eigenvalue weighted by atomic mass is 31.3. The second kappa shape index (κ2) is 9.04. The van der Waals surface area contributed by atoms with Gasteiger partial charge in [0, 0.05) is 0 Å². The molecule has 20 heteroatoms. The van der Waals surface area contributed by atoms with Gasteiger partial charge >= 0.3 is 23.5 Å². The van der Waals surface area contributed by atoms with E-state index in [0.717, 1.165) is 0 Å². The molecule has 0 bridgehead atoms. The van der Waals surface area contributed by atoms with Crippen molar-refractivity contribution in [3.05, 3.63) is 30.8 Å². The third-order valence-electron chi connectivity index (χ3n) is 5.16. The molecular weight excluding hydrogens is 526 g/mol. The van der Waals surface area contributed by atoms with Gasteiger partial charge in [-0.3, -0.25) is 4.52 Å². The number of alkyl halides is 1. The van der Waals surface area contributed by atoms with Crippen LogP contribution in [0.15, 0.2) is 30.1 Å². The number of nitrogens with one attached hydrogen (secondary N) is 1. The number of aliphatic hydroxyl groups is 1. The molecule has 1 aromatic rings. The standard InChI is InChI=1S/C14H21FN5O11P3/c1-7-9(20-6-17-11-8(2)18-13(16)19-12(11)20)3-10(21)14(7,4-15)5-29-33(25,26)31-34(27,28)30-32(22,23)24/h6,9-10,21H,1-5H2,(H,25,26)(H,27,28)(H3,16,18,19)(H2,22,23,24)/t9-,10-,14-/m0/s1. The van der Waals surface area contributed by atoms with Gasteiger partial charge in [-0.15, -0.1) is 0 Å². The molecule has 0 radical (unpaired) electrons. The molecule has 1 fully saturated rings. The molecule has 190 valence electrons. The van der Waals surface area contributed by atoms with E-state index >= 15 is 0 Å². The largest absolute Gasteiger partial charge is 0.490 e. The van der Waals surface area contributed by atoms with Crippen LogP contribution in [0, 0.1) is 5.41 Å². The minimum absolute atomic E-state index is 0.000681. The quantitative estimate of drug-likeness (QED) is 0.165. The predicted molar refractivity (Wildman–Crippen MR) is 113 cm³/mol. The van der Waals surface area contributed by atoms with Crippen LogP contribution in [0.25, 0.3) is 5.70 Å². The number of phosphoric ester groups is 1. The maximum atomic E-state index is 14.2. The van der Waals surface area contributed by atoms with Crippen molar-refractivity contribution in [2.24, 2.45) is 16.1 Å². The predicted octanol–water partition coefficient (Wildman–Crippen LogP) is 0.564. The van der Waals surface area contributed by atoms with Gasteiger partial charge in [-0.25, -0.2) is 23.1 Å². The normalized spacial score (nSPS) is 28.6. The first-order valence-electron chi connectivity index (χ1n) is 9.09. The number of aliphatic hydroxyl groups excluding tert-OH is 1. The molecular formula is C14H21FN5O11P3. The Bertz CT molecular complexity index is 1200. The third-order valence-corrected chi connectivity index (χ3v) is 8.94. The number of hydrogen-bond acceptors (Lipinski definition) is 11. The molecule has 0 saturated heterocycles. The van der Waals surface area contributed by atoms with Crippen molar-refractivity contribution in [2.45, 2.75) is 18.6 Å². The van der Waals surface area contributed by atoms with Gasteiger partial charge < -0.3 is 40.3 Å². The molecule has 1 aliphatic carbocycles. The van der Waals surface area contributed by atoms with Crippen LogP contribution >= 0.6 is 23.5 Å². The van der Waals surface area contributed by atoms with E-state index in [1.165, 1.54) is 10.9 Å². The summed E-state index contributed by atoms with van der Waals surface area (Å²) in [5.41, 5.74) is 4.40. The summed E-state index contributed by atoms with van der Waals surface area (Å²) < 4.78 is 61.8. The van der Waals surface area contributed by atoms with Gasteiger partial charge in [0.15, 0.2) is 11.8 Å². The van der Waals surface area contributed by atoms with Crippen molar-refractivity contribution in [3.8, 4) is 0 Å². The molecule has 16 nitrogen and oxygen atoms in total. The number of guanidine groups is 1. The Morgan fingerprint density at radius 2 is 1.88 bits per heavy atom. The van der Waals surface area contributed by atoms with Gasteiger partial charge in [0.25, 0.3) is 0 Å². The molecule has 3 rings (SSSR count). The van der Waals surface area contributed by atoms with Gasteiger partial charge in [0.2, 0.25) is 0 Å². The van der Waals surface area contributed by atoms with Crippen LogP contribution in [0.1, 0.15) is 18.2 Å². The van der Waals surface area contributed by atoms with Gasteiger partial charge in [0.05, 0.1) is 36.2 Å². The minimum atomic E-state index is -5.77. The molecule has 1 saturated carbocycles. The number of rotatable bonds is 9. The zero-order valence-electron chi connectivity index (χ0n) is 17.1. The monoisotopic (exact) mass is 547 g/mol. The first-order chi connectivity index (χ1) is 15.5. The number of aliphatic imine (C=N–C) groups is 1. The summed E-state index contributed by atoms with van der Waals surface area (Å²) in [6.07, 6.45) is -0.342. The molecule has 1 aromatic heterocycles. The van der Waals surface area contributed by atoms with Crippen LogP contribution in [0.5, 0.6) is 0 Å². The lowest BCUT2D eigenvalue weighted by atomic mass is 9.83. The number of aromatic nitrogens is 2. The maximum absolute atomic E-state index is 14.2. The highest BCUT2D eigenvalue weighted by molar-refractivity contribution is 7.66. The highest BCUT2D eigenvalue weighted by Gasteiger charge is 2.53. The molecule has 0 aromatic carbocycles. The van der Waals surface area contributed by atoms with Crippen LogP contribution in [0.4, 0.5) is 10.2 Å². The Kier molecular flexibility index (Phi) is 7.14. The summed E-state index contributed by atoms with van der Waals surface area (Å²) in [7, 11) is -16.9. The second-order valence-corrected chi connectivity index (χ2v) is 11.8. The first kappa shape index (κ1) is 26.9. The zero-order valence-corrected chi connectivity index (χ0v) is 19.8. The second-order valence-electron chi connectivity index (χ2n) is 7.37. The molecule has 1 aliphatic heterocycles. The van der Waals surface area contributed by atoms with Crippen molar-refractivity contribution in [1.82, 2.24) is 14.9 Å². The molecule has 2 heterocycles. The van der Waals surface area contributed by atoms with Crippen LogP contribution < -0.4 is 11.1 Å². The lowest BCUT2D eigenvalue weighted by Gasteiger charge is -2.31. The lowest BCUT2D eigenvalue weighted by Crippen LogP contribution is -2.38. The molecule has 2 unspecified atom stereocenters. The van der Waals surface area contributed by atoms with Crippen LogP contribution in [0.2, 0.25) is 0 Å². The number of nitrogens with two attached hydrogens (primary N) is 1. The lowest BCUT2D eigenvalue weighted by molar-refractivity contribution is 0.0104. The van der Waals surface area contributed by atoms with E-state index in [-0.39, 0.29) is 23.8 Å². The first-order valence-corrected chi connectivity index (χ1v) is 13.6. The van der Waals surface area contributed by atoms with E-state index in [1.807, 2.05) is 0 Å². The van der Waals surface area contributed by atoms with E-state index in [4.69, 9.17) is 15.5 Å². The molecule has 0 amide bonds. The average molecular weight is 547 g/mol. The number of phosphoric acid groups is 3. The van der Waals surface area contributed by atoms with Gasteiger partial charge in [-0.2, -0.15) is 13.6 Å². The third kappa shape index (κ3) is 5.40. The number of halogens is 1. The molecule has 8 N–H and O–H groups in total. The SMILES string of the molecule is C=C1NC(N)=Nc2c1ncn2[C@H]1C[C@H](O)[C@@](CF)(COP(=O)(O)OP(=O)(O)OP(=O)(O)O)C1=C. The Hall–Kier alpha value is -1.74. The zero-order chi connectivity index (χ0) is 25.7. The van der Waals surface area contributed by atoms with Gasteiger partial charge in [-0.05, 0) is 12.0 Å². The molecule has 5 atom stereocenters. The Morgan fingerprint density at radius 3 is 2.47 bits per heavy atom. The van der Waals surface area contributed by atoms with Crippen molar-refractivity contribution < 1.29 is 55.9 Å². The summed E-state index contributed by atoms with van der Waals surface area (Å²) in [6, 6.07) is -0.825. The van der Waals surface area contributed by atoms with Crippen molar-refractivity contribution in [2.75, 3.05) is 13.3 Å². The fourth-order valence-electron chi connectivity index (χ4n) is 3.57. The van der Waals surface area contributed by atoms with E-state index < -0.39 is 54.3 Å². The smallest absolute Gasteiger partial charge is 0.392 e. The fourth-order valence-corrected chi connectivity index (χ4v) is 6.66. The van der Waals surface area contributed by atoms with Gasteiger partial charge in [-0.1, -0.05) is 13.2 Å².